The average molecular weight is 588 g/mol. The Hall–Kier alpha value is -4.31. The summed E-state index contributed by atoms with van der Waals surface area (Å²) in [5.74, 6) is 2.07. The van der Waals surface area contributed by atoms with Crippen LogP contribution < -0.4 is 11.1 Å². The summed E-state index contributed by atoms with van der Waals surface area (Å²) in [5, 5.41) is 24.9. The summed E-state index contributed by atoms with van der Waals surface area (Å²) in [5.41, 5.74) is 11.0. The van der Waals surface area contributed by atoms with Crippen LogP contribution in [0.5, 0.6) is 5.75 Å². The Morgan fingerprint density at radius 3 is 2.12 bits per heavy atom. The first kappa shape index (κ1) is 32.2. The van der Waals surface area contributed by atoms with Crippen molar-refractivity contribution in [3.05, 3.63) is 95.1 Å². The lowest BCUT2D eigenvalue weighted by Crippen LogP contribution is -2.21. The molecule has 0 aliphatic rings. The van der Waals surface area contributed by atoms with Gasteiger partial charge in [-0.15, -0.1) is 22.8 Å². The van der Waals surface area contributed by atoms with E-state index in [9.17, 15) is 9.90 Å². The van der Waals surface area contributed by atoms with Crippen LogP contribution in [0.1, 0.15) is 68.7 Å². The van der Waals surface area contributed by atoms with Gasteiger partial charge in [0, 0.05) is 28.5 Å². The van der Waals surface area contributed by atoms with Crippen LogP contribution in [-0.4, -0.2) is 35.5 Å². The third-order valence-corrected chi connectivity index (χ3v) is 6.77. The van der Waals surface area contributed by atoms with E-state index in [2.05, 4.69) is 85.2 Å². The Bertz CT molecular complexity index is 1640. The second-order valence-corrected chi connectivity index (χ2v) is 12.0. The minimum atomic E-state index is -0.646. The molecule has 0 radical (unpaired) electrons. The Morgan fingerprint density at radius 2 is 1.60 bits per heavy atom. The van der Waals surface area contributed by atoms with Crippen LogP contribution in [0, 0.1) is 20.8 Å². The SMILES string of the molecule is CC(C)c1nnc2ccc(S)cn12.Cc1cc(-n2nc(C(C)(C)C)cc2NC(N)=O)ccc1O.Cc1ccccc1C. The number of thiol groups is 1. The number of urea groups is 1. The Morgan fingerprint density at radius 1 is 0.952 bits per heavy atom. The number of nitrogens with zero attached hydrogens (tertiary/aromatic N) is 5. The molecule has 222 valence electrons. The van der Waals surface area contributed by atoms with Gasteiger partial charge < -0.3 is 10.8 Å². The zero-order valence-electron chi connectivity index (χ0n) is 25.5. The van der Waals surface area contributed by atoms with Gasteiger partial charge in [-0.05, 0) is 67.8 Å². The summed E-state index contributed by atoms with van der Waals surface area (Å²) in [4.78, 5) is 12.1. The van der Waals surface area contributed by atoms with Gasteiger partial charge in [-0.2, -0.15) is 5.10 Å². The van der Waals surface area contributed by atoms with E-state index >= 15 is 0 Å². The van der Waals surface area contributed by atoms with E-state index in [1.807, 2.05) is 43.5 Å². The van der Waals surface area contributed by atoms with Gasteiger partial charge >= 0.3 is 6.03 Å². The van der Waals surface area contributed by atoms with Crippen molar-refractivity contribution in [3.8, 4) is 11.4 Å². The molecule has 0 aliphatic heterocycles. The van der Waals surface area contributed by atoms with Gasteiger partial charge in [0.25, 0.3) is 0 Å². The molecule has 42 heavy (non-hydrogen) atoms. The number of carbonyl (C=O) groups excluding carboxylic acids is 1. The zero-order chi connectivity index (χ0) is 31.2. The molecule has 3 heterocycles. The minimum absolute atomic E-state index is 0.161. The summed E-state index contributed by atoms with van der Waals surface area (Å²) in [6, 6.07) is 18.5. The Balaban J connectivity index is 0.000000194. The molecule has 2 amide bonds. The summed E-state index contributed by atoms with van der Waals surface area (Å²) in [6.07, 6.45) is 1.94. The van der Waals surface area contributed by atoms with Gasteiger partial charge in [0.2, 0.25) is 0 Å². The molecule has 0 unspecified atom stereocenters. The van der Waals surface area contributed by atoms with E-state index in [0.29, 0.717) is 11.7 Å². The second-order valence-electron chi connectivity index (χ2n) is 11.4. The van der Waals surface area contributed by atoms with Crippen molar-refractivity contribution in [2.45, 2.75) is 71.6 Å². The van der Waals surface area contributed by atoms with Crippen LogP contribution in [0.2, 0.25) is 0 Å². The highest BCUT2D eigenvalue weighted by atomic mass is 32.1. The standard InChI is InChI=1S/C15H20N4O2.C9H11N3S.C8H10/c1-9-7-10(5-6-11(9)20)19-13(17-14(16)21)8-12(18-19)15(2,3)4;1-6(2)9-11-10-8-4-3-7(13)5-12(8)9;1-7-5-3-4-6-8(7)2/h5-8,20H,1-4H3,(H3,16,17,21);3-6,13H,1-2H3;3-6H,1-2H3. The van der Waals surface area contributed by atoms with Crippen LogP contribution in [0.3, 0.4) is 0 Å². The van der Waals surface area contributed by atoms with Gasteiger partial charge in [0.15, 0.2) is 5.65 Å². The van der Waals surface area contributed by atoms with Gasteiger partial charge in [0.1, 0.15) is 17.4 Å². The normalized spacial score (nSPS) is 11.0. The molecule has 9 nitrogen and oxygen atoms in total. The predicted molar refractivity (Wildman–Crippen MR) is 172 cm³/mol. The lowest BCUT2D eigenvalue weighted by molar-refractivity contribution is 0.259. The number of fused-ring (bicyclic) bond motifs is 1. The van der Waals surface area contributed by atoms with Crippen LogP contribution in [-0.2, 0) is 5.41 Å². The predicted octanol–water partition coefficient (Wildman–Crippen LogP) is 7.12. The van der Waals surface area contributed by atoms with Crippen molar-refractivity contribution in [2.24, 2.45) is 5.73 Å². The van der Waals surface area contributed by atoms with Crippen LogP contribution in [0.15, 0.2) is 71.8 Å². The highest BCUT2D eigenvalue weighted by Gasteiger charge is 2.21. The molecule has 0 atom stereocenters. The summed E-state index contributed by atoms with van der Waals surface area (Å²) in [7, 11) is 0. The van der Waals surface area contributed by atoms with Gasteiger partial charge in [0.05, 0.1) is 11.4 Å². The van der Waals surface area contributed by atoms with E-state index in [1.165, 1.54) is 11.1 Å². The number of aromatic nitrogens is 5. The number of benzene rings is 2. The first-order valence-corrected chi connectivity index (χ1v) is 14.1. The Kier molecular flexibility index (Phi) is 10.4. The number of anilines is 1. The Labute approximate surface area is 253 Å². The molecule has 10 heteroatoms. The van der Waals surface area contributed by atoms with Crippen molar-refractivity contribution in [1.82, 2.24) is 24.4 Å². The molecule has 0 aliphatic carbocycles. The number of primary amides is 1. The molecule has 4 N–H and O–H groups in total. The van der Waals surface area contributed by atoms with Crippen LogP contribution in [0.4, 0.5) is 10.6 Å². The highest BCUT2D eigenvalue weighted by molar-refractivity contribution is 7.80. The molecule has 0 spiro atoms. The minimum Gasteiger partial charge on any atom is -0.508 e. The molecule has 0 saturated heterocycles. The molecular formula is C32H41N7O2S. The molecule has 0 bridgehead atoms. The van der Waals surface area contributed by atoms with E-state index in [-0.39, 0.29) is 11.2 Å². The fourth-order valence-corrected chi connectivity index (χ4v) is 4.07. The van der Waals surface area contributed by atoms with Crippen LogP contribution in [0.25, 0.3) is 11.3 Å². The van der Waals surface area contributed by atoms with Crippen molar-refractivity contribution >= 4 is 30.1 Å². The summed E-state index contributed by atoms with van der Waals surface area (Å²) < 4.78 is 3.59. The third-order valence-electron chi connectivity index (χ3n) is 6.51. The van der Waals surface area contributed by atoms with E-state index in [1.54, 1.807) is 35.9 Å². The number of hydrogen-bond acceptors (Lipinski definition) is 6. The lowest BCUT2D eigenvalue weighted by atomic mass is 9.92. The molecule has 5 aromatic rings. The van der Waals surface area contributed by atoms with Gasteiger partial charge in [-0.25, -0.2) is 9.48 Å². The number of pyridine rings is 1. The number of nitrogens with one attached hydrogen (secondary N) is 1. The number of carbonyl (C=O) groups is 1. The lowest BCUT2D eigenvalue weighted by Gasteiger charge is -2.14. The van der Waals surface area contributed by atoms with Crippen molar-refractivity contribution in [2.75, 3.05) is 5.32 Å². The van der Waals surface area contributed by atoms with E-state index < -0.39 is 6.03 Å². The highest BCUT2D eigenvalue weighted by Crippen LogP contribution is 2.28. The molecule has 0 saturated carbocycles. The molecular weight excluding hydrogens is 546 g/mol. The van der Waals surface area contributed by atoms with E-state index in [4.69, 9.17) is 5.73 Å². The number of rotatable bonds is 3. The largest absolute Gasteiger partial charge is 0.508 e. The monoisotopic (exact) mass is 587 g/mol. The molecule has 3 aromatic heterocycles. The zero-order valence-corrected chi connectivity index (χ0v) is 26.4. The number of phenolic OH excluding ortho intramolecular Hbond substituents is 1. The quantitative estimate of drug-likeness (QED) is 0.167. The smallest absolute Gasteiger partial charge is 0.317 e. The van der Waals surface area contributed by atoms with Crippen molar-refractivity contribution in [3.63, 3.8) is 0 Å². The second kappa shape index (κ2) is 13.6. The third kappa shape index (κ3) is 8.36. The van der Waals surface area contributed by atoms with Gasteiger partial charge in [-0.3, -0.25) is 9.72 Å². The molecule has 0 fully saturated rings. The fourth-order valence-electron chi connectivity index (χ4n) is 3.88. The van der Waals surface area contributed by atoms with Crippen molar-refractivity contribution < 1.29 is 9.90 Å². The molecule has 2 aromatic carbocycles. The first-order valence-electron chi connectivity index (χ1n) is 13.7. The van der Waals surface area contributed by atoms with E-state index in [0.717, 1.165) is 33.3 Å². The number of amides is 2. The summed E-state index contributed by atoms with van der Waals surface area (Å²) in [6.45, 7) is 16.4. The number of hydrogen-bond donors (Lipinski definition) is 4. The number of aryl methyl sites for hydroxylation is 3. The first-order chi connectivity index (χ1) is 19.7. The fraction of sp³-hybridized carbons (Fsp3) is 0.312. The topological polar surface area (TPSA) is 123 Å². The summed E-state index contributed by atoms with van der Waals surface area (Å²) >= 11 is 4.27. The maximum Gasteiger partial charge on any atom is 0.317 e. The average Bonchev–Trinajstić information content (AvgIpc) is 3.52. The van der Waals surface area contributed by atoms with Crippen LogP contribution >= 0.6 is 12.6 Å². The number of phenols is 1. The molecule has 5 rings (SSSR count). The maximum atomic E-state index is 11.2. The van der Waals surface area contributed by atoms with Crippen molar-refractivity contribution in [1.29, 1.82) is 0 Å². The van der Waals surface area contributed by atoms with Gasteiger partial charge in [-0.1, -0.05) is 58.9 Å². The maximum absolute atomic E-state index is 11.2. The number of nitrogens with two attached hydrogens (primary N) is 1. The number of aromatic hydroxyl groups is 1.